The molecule has 8 nitrogen and oxygen atoms in total. The van der Waals surface area contributed by atoms with Gasteiger partial charge in [0.1, 0.15) is 17.5 Å². The summed E-state index contributed by atoms with van der Waals surface area (Å²) in [5.74, 6) is 0.355. The molecule has 2 atom stereocenters. The maximum atomic E-state index is 13.0. The van der Waals surface area contributed by atoms with Crippen molar-refractivity contribution in [3.8, 4) is 0 Å². The number of hydrogen-bond acceptors (Lipinski definition) is 7. The molecule has 0 saturated carbocycles. The molecule has 1 aliphatic heterocycles. The van der Waals surface area contributed by atoms with Gasteiger partial charge in [-0.2, -0.15) is 0 Å². The molecule has 0 amide bonds. The number of hydrogen-bond donors (Lipinski definition) is 1. The summed E-state index contributed by atoms with van der Waals surface area (Å²) in [5, 5.41) is 4.49. The lowest BCUT2D eigenvalue weighted by atomic mass is 10.0. The van der Waals surface area contributed by atoms with E-state index < -0.39 is 25.2 Å². The number of rotatable bonds is 15. The van der Waals surface area contributed by atoms with E-state index in [1.54, 1.807) is 4.68 Å². The standard InChI is InChI=1S/C23H45BrN4O4SSi/c1-8-23(31-14-15-32-23)13-11-9-10-12-19(27-33(29)22(2,3)4)20-25-21(24)26-28(20)18-30-16-17-34(5,6)7/h19,27H,8-18H2,1-7H3/t19-,33?/m0/s1. The Morgan fingerprint density at radius 3 is 2.50 bits per heavy atom. The quantitative estimate of drug-likeness (QED) is 0.165. The second kappa shape index (κ2) is 13.5. The molecule has 0 aromatic carbocycles. The van der Waals surface area contributed by atoms with Gasteiger partial charge in [-0.05, 0) is 62.0 Å². The molecular weight excluding hydrogens is 536 g/mol. The zero-order chi connectivity index (χ0) is 25.4. The monoisotopic (exact) mass is 580 g/mol. The van der Waals surface area contributed by atoms with Crippen molar-refractivity contribution in [2.24, 2.45) is 0 Å². The largest absolute Gasteiger partial charge is 0.598 e. The highest BCUT2D eigenvalue weighted by atomic mass is 79.9. The van der Waals surface area contributed by atoms with Gasteiger partial charge < -0.3 is 18.8 Å². The first-order chi connectivity index (χ1) is 15.9. The van der Waals surface area contributed by atoms with Gasteiger partial charge in [0.25, 0.3) is 0 Å². The molecule has 0 aliphatic carbocycles. The first kappa shape index (κ1) is 30.2. The third-order valence-corrected chi connectivity index (χ3v) is 9.56. The topological polar surface area (TPSA) is 93.5 Å². The predicted octanol–water partition coefficient (Wildman–Crippen LogP) is 5.55. The molecule has 1 fully saturated rings. The zero-order valence-electron chi connectivity index (χ0n) is 22.1. The minimum atomic E-state index is -1.22. The highest BCUT2D eigenvalue weighted by Crippen LogP contribution is 2.30. The molecule has 1 aromatic rings. The maximum absolute atomic E-state index is 13.0. The average molecular weight is 582 g/mol. The van der Waals surface area contributed by atoms with E-state index in [4.69, 9.17) is 14.2 Å². The Labute approximate surface area is 218 Å². The smallest absolute Gasteiger partial charge is 0.217 e. The lowest BCUT2D eigenvalue weighted by Gasteiger charge is -2.28. The first-order valence-electron chi connectivity index (χ1n) is 12.5. The van der Waals surface area contributed by atoms with Crippen molar-refractivity contribution in [3.05, 3.63) is 10.6 Å². The average Bonchev–Trinajstić information content (AvgIpc) is 3.35. The molecule has 2 heterocycles. The van der Waals surface area contributed by atoms with Gasteiger partial charge in [-0.3, -0.25) is 0 Å². The van der Waals surface area contributed by atoms with E-state index in [0.717, 1.165) is 50.4 Å². The van der Waals surface area contributed by atoms with Crippen LogP contribution in [0.1, 0.15) is 78.1 Å². The molecule has 1 N–H and O–H groups in total. The summed E-state index contributed by atoms with van der Waals surface area (Å²) < 4.78 is 35.8. The molecule has 34 heavy (non-hydrogen) atoms. The Hall–Kier alpha value is -0.0131. The number of unbranched alkanes of at least 4 members (excludes halogenated alkanes) is 2. The Morgan fingerprint density at radius 2 is 1.91 bits per heavy atom. The van der Waals surface area contributed by atoms with Gasteiger partial charge in [-0.15, -0.1) is 9.82 Å². The summed E-state index contributed by atoms with van der Waals surface area (Å²) in [4.78, 5) is 4.62. The van der Waals surface area contributed by atoms with E-state index in [1.165, 1.54) is 0 Å². The van der Waals surface area contributed by atoms with Crippen molar-refractivity contribution in [1.82, 2.24) is 19.5 Å². The molecule has 2 rings (SSSR count). The number of ether oxygens (including phenoxy) is 3. The Bertz CT molecular complexity index is 736. The number of aromatic nitrogens is 3. The van der Waals surface area contributed by atoms with Crippen LogP contribution in [-0.4, -0.2) is 57.7 Å². The zero-order valence-corrected chi connectivity index (χ0v) is 25.5. The van der Waals surface area contributed by atoms with Crippen LogP contribution in [0.3, 0.4) is 0 Å². The first-order valence-corrected chi connectivity index (χ1v) is 18.1. The van der Waals surface area contributed by atoms with Crippen molar-refractivity contribution in [2.75, 3.05) is 19.8 Å². The van der Waals surface area contributed by atoms with Crippen LogP contribution in [0.15, 0.2) is 4.73 Å². The summed E-state index contributed by atoms with van der Waals surface area (Å²) >= 11 is 2.19. The van der Waals surface area contributed by atoms with Crippen LogP contribution in [0.5, 0.6) is 0 Å². The van der Waals surface area contributed by atoms with Crippen molar-refractivity contribution >= 4 is 35.4 Å². The van der Waals surface area contributed by atoms with Crippen LogP contribution in [0, 0.1) is 0 Å². The van der Waals surface area contributed by atoms with Crippen molar-refractivity contribution in [3.63, 3.8) is 0 Å². The van der Waals surface area contributed by atoms with Gasteiger partial charge in [0.15, 0.2) is 11.6 Å². The second-order valence-corrected chi connectivity index (χ2v) is 19.5. The SMILES string of the molecule is CCC1(CCCCC[C@H](N[S+]([O-])C(C)(C)C)c2nc(Br)nn2COCC[Si](C)(C)C)OCCO1. The molecular formula is C23H45BrN4O4SSi. The van der Waals surface area contributed by atoms with Gasteiger partial charge >= 0.3 is 0 Å². The minimum Gasteiger partial charge on any atom is -0.598 e. The molecule has 198 valence electrons. The van der Waals surface area contributed by atoms with Crippen molar-refractivity contribution in [2.45, 2.75) is 115 Å². The number of halogens is 1. The fraction of sp³-hybridized carbons (Fsp3) is 0.913. The van der Waals surface area contributed by atoms with Gasteiger partial charge in [-0.25, -0.2) is 9.67 Å². The summed E-state index contributed by atoms with van der Waals surface area (Å²) in [7, 11) is -1.16. The molecule has 1 aromatic heterocycles. The third kappa shape index (κ3) is 10.2. The normalized spacial score (nSPS) is 18.4. The fourth-order valence-electron chi connectivity index (χ4n) is 3.70. The van der Waals surface area contributed by atoms with Crippen LogP contribution in [0.25, 0.3) is 0 Å². The van der Waals surface area contributed by atoms with Gasteiger partial charge in [0.05, 0.1) is 13.2 Å². The molecule has 0 bridgehead atoms. The summed E-state index contributed by atoms with van der Waals surface area (Å²) in [5.41, 5.74) is 0. The van der Waals surface area contributed by atoms with E-state index in [9.17, 15) is 4.55 Å². The number of nitrogens with zero attached hydrogens (tertiary/aromatic N) is 3. The predicted molar refractivity (Wildman–Crippen MR) is 144 cm³/mol. The van der Waals surface area contributed by atoms with Gasteiger partial charge in [0, 0.05) is 32.5 Å². The van der Waals surface area contributed by atoms with Crippen LogP contribution in [0.2, 0.25) is 25.7 Å². The Kier molecular flexibility index (Phi) is 12.0. The van der Waals surface area contributed by atoms with Crippen LogP contribution < -0.4 is 4.72 Å². The lowest BCUT2D eigenvalue weighted by Crippen LogP contribution is -2.42. The van der Waals surface area contributed by atoms with E-state index in [1.807, 2.05) is 20.8 Å². The highest BCUT2D eigenvalue weighted by molar-refractivity contribution is 9.10. The van der Waals surface area contributed by atoms with Gasteiger partial charge in [0.2, 0.25) is 4.73 Å². The van der Waals surface area contributed by atoms with E-state index in [2.05, 4.69) is 57.3 Å². The molecule has 1 saturated heterocycles. The fourth-order valence-corrected chi connectivity index (χ4v) is 5.66. The maximum Gasteiger partial charge on any atom is 0.217 e. The Balaban J connectivity index is 1.99. The van der Waals surface area contributed by atoms with Crippen LogP contribution in [0.4, 0.5) is 0 Å². The number of nitrogens with one attached hydrogen (secondary N) is 1. The minimum absolute atomic E-state index is 0.182. The summed E-state index contributed by atoms with van der Waals surface area (Å²) in [6.07, 6.45) is 5.62. The summed E-state index contributed by atoms with van der Waals surface area (Å²) in [6.45, 7) is 17.5. The van der Waals surface area contributed by atoms with Crippen LogP contribution >= 0.6 is 15.9 Å². The van der Waals surface area contributed by atoms with Gasteiger partial charge in [-0.1, -0.05) is 39.4 Å². The third-order valence-electron chi connectivity index (χ3n) is 5.90. The molecule has 0 radical (unpaired) electrons. The summed E-state index contributed by atoms with van der Waals surface area (Å²) in [6, 6.07) is 0.916. The molecule has 1 unspecified atom stereocenters. The van der Waals surface area contributed by atoms with E-state index in [0.29, 0.717) is 31.3 Å². The van der Waals surface area contributed by atoms with E-state index in [-0.39, 0.29) is 10.8 Å². The lowest BCUT2D eigenvalue weighted by molar-refractivity contribution is -0.164. The second-order valence-electron chi connectivity index (χ2n) is 11.2. The highest BCUT2D eigenvalue weighted by Gasteiger charge is 2.34. The van der Waals surface area contributed by atoms with Crippen molar-refractivity contribution < 1.29 is 18.8 Å². The van der Waals surface area contributed by atoms with Crippen LogP contribution in [-0.2, 0) is 32.3 Å². The van der Waals surface area contributed by atoms with Crippen molar-refractivity contribution in [1.29, 1.82) is 0 Å². The van der Waals surface area contributed by atoms with E-state index >= 15 is 0 Å². The molecule has 1 aliphatic rings. The molecule has 11 heteroatoms. The molecule has 0 spiro atoms. The Morgan fingerprint density at radius 1 is 1.24 bits per heavy atom.